The lowest BCUT2D eigenvalue weighted by Crippen LogP contribution is -2.02. The van der Waals surface area contributed by atoms with E-state index in [2.05, 4.69) is 4.98 Å². The quantitative estimate of drug-likeness (QED) is 0.755. The van der Waals surface area contributed by atoms with Crippen molar-refractivity contribution < 1.29 is 4.74 Å². The van der Waals surface area contributed by atoms with Gasteiger partial charge >= 0.3 is 0 Å². The number of pyridine rings is 1. The van der Waals surface area contributed by atoms with Crippen molar-refractivity contribution in [1.82, 2.24) is 4.98 Å². The zero-order valence-electron chi connectivity index (χ0n) is 7.73. The van der Waals surface area contributed by atoms with Crippen LogP contribution in [0.2, 0.25) is 0 Å². The van der Waals surface area contributed by atoms with Gasteiger partial charge in [-0.05, 0) is 24.9 Å². The van der Waals surface area contributed by atoms with E-state index < -0.39 is 0 Å². The van der Waals surface area contributed by atoms with Crippen LogP contribution in [-0.2, 0) is 0 Å². The highest BCUT2D eigenvalue weighted by atomic mass is 16.5. The highest BCUT2D eigenvalue weighted by Gasteiger charge is 2.38. The van der Waals surface area contributed by atoms with Crippen LogP contribution in [0.1, 0.15) is 18.0 Å². The van der Waals surface area contributed by atoms with Crippen LogP contribution in [0.25, 0.3) is 0 Å². The second-order valence-electron chi connectivity index (χ2n) is 3.44. The SMILES string of the molecule is COc1cccc(C2CC2CN)n1. The average Bonchev–Trinajstić information content (AvgIpc) is 2.97. The third-order valence-corrected chi connectivity index (χ3v) is 2.56. The van der Waals surface area contributed by atoms with Crippen molar-refractivity contribution >= 4 is 0 Å². The molecule has 0 aromatic carbocycles. The van der Waals surface area contributed by atoms with Crippen LogP contribution in [0.15, 0.2) is 18.2 Å². The lowest BCUT2D eigenvalue weighted by Gasteiger charge is -2.01. The number of nitrogens with two attached hydrogens (primary N) is 1. The molecule has 1 aromatic heterocycles. The van der Waals surface area contributed by atoms with Crippen molar-refractivity contribution in [1.29, 1.82) is 0 Å². The predicted molar refractivity (Wildman–Crippen MR) is 50.7 cm³/mol. The fourth-order valence-corrected chi connectivity index (χ4v) is 1.62. The van der Waals surface area contributed by atoms with Crippen molar-refractivity contribution in [2.24, 2.45) is 11.7 Å². The van der Waals surface area contributed by atoms with Crippen LogP contribution in [0, 0.1) is 5.92 Å². The van der Waals surface area contributed by atoms with Gasteiger partial charge in [0.1, 0.15) is 0 Å². The van der Waals surface area contributed by atoms with Crippen molar-refractivity contribution in [3.63, 3.8) is 0 Å². The molecule has 13 heavy (non-hydrogen) atoms. The molecular weight excluding hydrogens is 164 g/mol. The van der Waals surface area contributed by atoms with Crippen LogP contribution in [-0.4, -0.2) is 18.6 Å². The summed E-state index contributed by atoms with van der Waals surface area (Å²) >= 11 is 0. The Hall–Kier alpha value is -1.09. The van der Waals surface area contributed by atoms with Crippen LogP contribution < -0.4 is 10.5 Å². The first-order valence-corrected chi connectivity index (χ1v) is 4.56. The molecular formula is C10H14N2O. The number of nitrogens with zero attached hydrogens (tertiary/aromatic N) is 1. The number of hydrogen-bond acceptors (Lipinski definition) is 3. The molecule has 70 valence electrons. The summed E-state index contributed by atoms with van der Waals surface area (Å²) in [6.07, 6.45) is 1.18. The molecule has 0 aliphatic heterocycles. The summed E-state index contributed by atoms with van der Waals surface area (Å²) in [4.78, 5) is 4.37. The lowest BCUT2D eigenvalue weighted by atomic mass is 10.2. The third kappa shape index (κ3) is 1.65. The Balaban J connectivity index is 2.13. The maximum atomic E-state index is 5.57. The molecule has 2 atom stereocenters. The minimum absolute atomic E-state index is 0.570. The summed E-state index contributed by atoms with van der Waals surface area (Å²) in [5.41, 5.74) is 6.69. The predicted octanol–water partition coefficient (Wildman–Crippen LogP) is 1.15. The summed E-state index contributed by atoms with van der Waals surface area (Å²) in [7, 11) is 1.64. The smallest absolute Gasteiger partial charge is 0.213 e. The minimum Gasteiger partial charge on any atom is -0.481 e. The summed E-state index contributed by atoms with van der Waals surface area (Å²) in [6, 6.07) is 5.89. The van der Waals surface area contributed by atoms with Crippen molar-refractivity contribution in [3.8, 4) is 5.88 Å². The fraction of sp³-hybridized carbons (Fsp3) is 0.500. The Morgan fingerprint density at radius 3 is 3.08 bits per heavy atom. The fourth-order valence-electron chi connectivity index (χ4n) is 1.62. The average molecular weight is 178 g/mol. The highest BCUT2D eigenvalue weighted by Crippen LogP contribution is 2.45. The summed E-state index contributed by atoms with van der Waals surface area (Å²) in [5.74, 6) is 1.90. The van der Waals surface area contributed by atoms with E-state index in [1.54, 1.807) is 7.11 Å². The molecule has 3 heteroatoms. The molecule has 1 fully saturated rings. The van der Waals surface area contributed by atoms with Gasteiger partial charge in [-0.25, -0.2) is 4.98 Å². The molecule has 0 radical (unpaired) electrons. The van der Waals surface area contributed by atoms with Gasteiger partial charge in [0.05, 0.1) is 7.11 Å². The summed E-state index contributed by atoms with van der Waals surface area (Å²) in [5, 5.41) is 0. The number of aromatic nitrogens is 1. The van der Waals surface area contributed by atoms with Crippen molar-refractivity contribution in [3.05, 3.63) is 23.9 Å². The number of ether oxygens (including phenoxy) is 1. The standard InChI is InChI=1S/C10H14N2O/c1-13-10-4-2-3-9(12-10)8-5-7(8)6-11/h2-4,7-8H,5-6,11H2,1H3. The van der Waals surface area contributed by atoms with Gasteiger partial charge in [-0.2, -0.15) is 0 Å². The summed E-state index contributed by atoms with van der Waals surface area (Å²) < 4.78 is 5.06. The molecule has 1 heterocycles. The van der Waals surface area contributed by atoms with Crippen molar-refractivity contribution in [2.75, 3.05) is 13.7 Å². The second-order valence-corrected chi connectivity index (χ2v) is 3.44. The molecule has 1 saturated carbocycles. The van der Waals surface area contributed by atoms with Crippen LogP contribution in [0.5, 0.6) is 5.88 Å². The Labute approximate surface area is 77.9 Å². The zero-order valence-corrected chi connectivity index (χ0v) is 7.73. The monoisotopic (exact) mass is 178 g/mol. The van der Waals surface area contributed by atoms with Gasteiger partial charge < -0.3 is 10.5 Å². The van der Waals surface area contributed by atoms with Crippen LogP contribution in [0.3, 0.4) is 0 Å². The van der Waals surface area contributed by atoms with E-state index >= 15 is 0 Å². The summed E-state index contributed by atoms with van der Waals surface area (Å²) in [6.45, 7) is 0.767. The second kappa shape index (κ2) is 3.34. The van der Waals surface area contributed by atoms with E-state index in [9.17, 15) is 0 Å². The minimum atomic E-state index is 0.570. The molecule has 0 spiro atoms. The topological polar surface area (TPSA) is 48.1 Å². The van der Waals surface area contributed by atoms with Gasteiger partial charge in [0.15, 0.2) is 0 Å². The normalized spacial score (nSPS) is 25.7. The molecule has 2 unspecified atom stereocenters. The van der Waals surface area contributed by atoms with Gasteiger partial charge in [-0.15, -0.1) is 0 Å². The van der Waals surface area contributed by atoms with E-state index in [4.69, 9.17) is 10.5 Å². The Morgan fingerprint density at radius 2 is 2.46 bits per heavy atom. The van der Waals surface area contributed by atoms with E-state index in [0.717, 1.165) is 12.2 Å². The van der Waals surface area contributed by atoms with Gasteiger partial charge in [0, 0.05) is 17.7 Å². The van der Waals surface area contributed by atoms with E-state index in [0.29, 0.717) is 17.7 Å². The van der Waals surface area contributed by atoms with Crippen LogP contribution in [0.4, 0.5) is 0 Å². The zero-order chi connectivity index (χ0) is 9.26. The molecule has 2 N–H and O–H groups in total. The van der Waals surface area contributed by atoms with E-state index in [1.807, 2.05) is 18.2 Å². The van der Waals surface area contributed by atoms with Crippen LogP contribution >= 0.6 is 0 Å². The molecule has 0 bridgehead atoms. The number of hydrogen-bond donors (Lipinski definition) is 1. The van der Waals surface area contributed by atoms with Gasteiger partial charge in [-0.1, -0.05) is 6.07 Å². The number of methoxy groups -OCH3 is 1. The molecule has 0 amide bonds. The first-order valence-electron chi connectivity index (χ1n) is 4.56. The van der Waals surface area contributed by atoms with E-state index in [-0.39, 0.29) is 0 Å². The third-order valence-electron chi connectivity index (χ3n) is 2.56. The Kier molecular flexibility index (Phi) is 2.19. The maximum absolute atomic E-state index is 5.57. The Morgan fingerprint density at radius 1 is 1.62 bits per heavy atom. The largest absolute Gasteiger partial charge is 0.481 e. The van der Waals surface area contributed by atoms with Gasteiger partial charge in [-0.3, -0.25) is 0 Å². The first kappa shape index (κ1) is 8.51. The molecule has 2 rings (SSSR count). The molecule has 0 saturated heterocycles. The molecule has 1 aromatic rings. The van der Waals surface area contributed by atoms with Gasteiger partial charge in [0.2, 0.25) is 5.88 Å². The maximum Gasteiger partial charge on any atom is 0.213 e. The van der Waals surface area contributed by atoms with Gasteiger partial charge in [0.25, 0.3) is 0 Å². The molecule has 3 nitrogen and oxygen atoms in total. The molecule has 1 aliphatic rings. The van der Waals surface area contributed by atoms with Crippen molar-refractivity contribution in [2.45, 2.75) is 12.3 Å². The van der Waals surface area contributed by atoms with E-state index in [1.165, 1.54) is 6.42 Å². The highest BCUT2D eigenvalue weighted by molar-refractivity contribution is 5.23. The Bertz CT molecular complexity index is 301. The number of rotatable bonds is 3. The first-order chi connectivity index (χ1) is 6.35. The lowest BCUT2D eigenvalue weighted by molar-refractivity contribution is 0.396. The molecule has 1 aliphatic carbocycles.